The van der Waals surface area contributed by atoms with Crippen molar-refractivity contribution in [2.75, 3.05) is 54.4 Å². The Morgan fingerprint density at radius 2 is 0.905 bits per heavy atom. The molecule has 10 nitrogen and oxygen atoms in total. The molecule has 0 saturated heterocycles. The summed E-state index contributed by atoms with van der Waals surface area (Å²) in [7, 11) is 8.19. The molecule has 2 radical (unpaired) electrons. The molecule has 234 valence electrons. The van der Waals surface area contributed by atoms with E-state index in [1.807, 2.05) is 78.4 Å². The Hall–Kier alpha value is -2.20. The van der Waals surface area contributed by atoms with Gasteiger partial charge in [0, 0.05) is 25.5 Å². The van der Waals surface area contributed by atoms with Crippen LogP contribution in [0, 0.1) is 0 Å². The van der Waals surface area contributed by atoms with Crippen molar-refractivity contribution in [1.29, 1.82) is 0 Å². The minimum atomic E-state index is 0. The molecule has 0 fully saturated rings. The SMILES string of the molecule is CC(=NCCN(C)C)c1ccccn1.CC(=NCCN(C)C)c1ccccn1.[Cu+2].[Cu+2].[N-]=C=S.[N-]=C=S.[N-]=C=S.[N-]=C=S. The number of nitrogens with zero attached hydrogens (tertiary/aromatic N) is 10. The largest absolute Gasteiger partial charge is 2.00 e. The van der Waals surface area contributed by atoms with Crippen LogP contribution in [0.25, 0.3) is 21.6 Å². The zero-order chi connectivity index (χ0) is 31.6. The fraction of sp³-hybridized carbons (Fsp3) is 0.385. The third kappa shape index (κ3) is 44.8. The summed E-state index contributed by atoms with van der Waals surface area (Å²) in [5.41, 5.74) is 3.94. The molecule has 0 aromatic carbocycles. The summed E-state index contributed by atoms with van der Waals surface area (Å²) in [4.78, 5) is 21.6. The molecule has 0 unspecified atom stereocenters. The molecule has 0 amide bonds. The van der Waals surface area contributed by atoms with E-state index in [9.17, 15) is 0 Å². The maximum absolute atomic E-state index is 7.13. The summed E-state index contributed by atoms with van der Waals surface area (Å²) >= 11 is 14.8. The Balaban J connectivity index is -0.000000108. The number of thiocarbonyl (C=S) groups is 4. The molecule has 0 spiro atoms. The van der Waals surface area contributed by atoms with Gasteiger partial charge in [-0.15, -0.1) is 0 Å². The van der Waals surface area contributed by atoms with Crippen LogP contribution in [-0.2, 0) is 34.1 Å². The first-order valence-corrected chi connectivity index (χ1v) is 12.9. The fourth-order valence-corrected chi connectivity index (χ4v) is 2.15. The third-order valence-corrected chi connectivity index (χ3v) is 3.86. The van der Waals surface area contributed by atoms with Crippen LogP contribution < -0.4 is 0 Å². The van der Waals surface area contributed by atoms with Crippen LogP contribution in [0.5, 0.6) is 0 Å². The first-order chi connectivity index (χ1) is 19.1. The van der Waals surface area contributed by atoms with Gasteiger partial charge in [0.15, 0.2) is 0 Å². The zero-order valence-corrected chi connectivity index (χ0v) is 29.3. The molecule has 2 rings (SSSR count). The topological polar surface area (TPSA) is 146 Å². The van der Waals surface area contributed by atoms with Gasteiger partial charge >= 0.3 is 34.1 Å². The number of aliphatic imine (C=N–C) groups is 2. The van der Waals surface area contributed by atoms with Crippen LogP contribution in [-0.4, -0.2) is 106 Å². The number of aromatic nitrogens is 2. The second kappa shape index (κ2) is 43.3. The smallest absolute Gasteiger partial charge is 0.753 e. The van der Waals surface area contributed by atoms with Crippen molar-refractivity contribution >= 4 is 80.9 Å². The van der Waals surface area contributed by atoms with E-state index in [0.717, 1.165) is 49.0 Å². The molecule has 0 aliphatic rings. The van der Waals surface area contributed by atoms with Gasteiger partial charge in [-0.2, -0.15) is 20.6 Å². The van der Waals surface area contributed by atoms with Crippen molar-refractivity contribution in [3.8, 4) is 0 Å². The molecule has 0 saturated carbocycles. The van der Waals surface area contributed by atoms with E-state index in [1.54, 1.807) is 12.4 Å². The Bertz CT molecular complexity index is 965. The van der Waals surface area contributed by atoms with E-state index in [0.29, 0.717) is 0 Å². The van der Waals surface area contributed by atoms with Crippen molar-refractivity contribution < 1.29 is 34.1 Å². The predicted molar refractivity (Wildman–Crippen MR) is 184 cm³/mol. The number of pyridine rings is 2. The number of hydrogen-bond donors (Lipinski definition) is 0. The predicted octanol–water partition coefficient (Wildman–Crippen LogP) is 5.53. The quantitative estimate of drug-likeness (QED) is 0.195. The van der Waals surface area contributed by atoms with E-state index < -0.39 is 0 Å². The van der Waals surface area contributed by atoms with Crippen LogP contribution in [0.2, 0.25) is 0 Å². The Kier molecular flexibility index (Phi) is 54.0. The minimum Gasteiger partial charge on any atom is -0.753 e. The van der Waals surface area contributed by atoms with Gasteiger partial charge in [0.1, 0.15) is 0 Å². The number of rotatable bonds is 8. The molecule has 2 heterocycles. The molecule has 16 heteroatoms. The molecule has 2 aromatic rings. The van der Waals surface area contributed by atoms with E-state index in [1.165, 1.54) is 20.6 Å². The second-order valence-electron chi connectivity index (χ2n) is 7.34. The summed E-state index contributed by atoms with van der Waals surface area (Å²) in [6.07, 6.45) is 3.58. The first-order valence-electron chi connectivity index (χ1n) is 11.3. The Labute approximate surface area is 292 Å². The van der Waals surface area contributed by atoms with E-state index in [-0.39, 0.29) is 34.1 Å². The Morgan fingerprint density at radius 3 is 1.10 bits per heavy atom. The number of likely N-dealkylation sites (N-methyl/N-ethyl adjacent to an activating group) is 2. The molecule has 0 N–H and O–H groups in total. The summed E-state index contributed by atoms with van der Waals surface area (Å²) in [5, 5.41) is 33.9. The van der Waals surface area contributed by atoms with Gasteiger partial charge in [0.2, 0.25) is 0 Å². The molecule has 42 heavy (non-hydrogen) atoms. The monoisotopic (exact) mass is 740 g/mol. The van der Waals surface area contributed by atoms with Crippen molar-refractivity contribution in [2.24, 2.45) is 9.98 Å². The number of isothiocyanates is 4. The van der Waals surface area contributed by atoms with E-state index in [2.05, 4.69) is 78.6 Å². The molecule has 0 aliphatic heterocycles. The summed E-state index contributed by atoms with van der Waals surface area (Å²) in [6, 6.07) is 11.7. The fourth-order valence-electron chi connectivity index (χ4n) is 2.15. The average Bonchev–Trinajstić information content (AvgIpc) is 2.91. The Morgan fingerprint density at radius 1 is 0.643 bits per heavy atom. The number of hydrogen-bond acceptors (Lipinski definition) is 10. The second-order valence-corrected chi connectivity index (χ2v) is 8.07. The molecule has 0 bridgehead atoms. The van der Waals surface area contributed by atoms with Gasteiger partial charge in [-0.05, 0) is 66.3 Å². The van der Waals surface area contributed by atoms with Crippen LogP contribution in [0.4, 0.5) is 0 Å². The van der Waals surface area contributed by atoms with Crippen molar-refractivity contribution in [2.45, 2.75) is 13.8 Å². The van der Waals surface area contributed by atoms with Gasteiger partial charge < -0.3 is 31.4 Å². The molecule has 0 aliphatic carbocycles. The third-order valence-electron chi connectivity index (χ3n) is 3.86. The van der Waals surface area contributed by atoms with E-state index in [4.69, 9.17) is 21.6 Å². The van der Waals surface area contributed by atoms with Crippen molar-refractivity contribution in [3.05, 3.63) is 81.8 Å². The minimum absolute atomic E-state index is 0. The maximum Gasteiger partial charge on any atom is 2.00 e. The molecular weight excluding hydrogens is 708 g/mol. The van der Waals surface area contributed by atoms with Crippen molar-refractivity contribution in [1.82, 2.24) is 19.8 Å². The van der Waals surface area contributed by atoms with Gasteiger partial charge in [-0.25, -0.2) is 0 Å². The van der Waals surface area contributed by atoms with Crippen molar-refractivity contribution in [3.63, 3.8) is 0 Å². The van der Waals surface area contributed by atoms with Crippen LogP contribution in [0.15, 0.2) is 58.8 Å². The van der Waals surface area contributed by atoms with Crippen LogP contribution in [0.1, 0.15) is 25.2 Å². The van der Waals surface area contributed by atoms with Gasteiger partial charge in [0.05, 0.1) is 35.9 Å². The van der Waals surface area contributed by atoms with Gasteiger partial charge in [-0.1, -0.05) is 61.0 Å². The summed E-state index contributed by atoms with van der Waals surface area (Å²) in [6.45, 7) is 7.61. The maximum atomic E-state index is 7.13. The van der Waals surface area contributed by atoms with Gasteiger partial charge in [-0.3, -0.25) is 20.0 Å². The van der Waals surface area contributed by atoms with Crippen LogP contribution >= 0.6 is 48.9 Å². The molecular formula is C26H34Cu2N10S4. The molecule has 2 aromatic heterocycles. The standard InChI is InChI=1S/2C11H17N3.4CNS.2Cu/c2*1-10(12-8-9-14(2)3)11-6-4-5-7-13-11;4*2-1-3;;/h2*4-7H,8-9H2,1-3H3;;;;;;/q;;4*-1;2*+2. The molecule has 0 atom stereocenters. The van der Waals surface area contributed by atoms with Crippen LogP contribution in [0.3, 0.4) is 0 Å². The van der Waals surface area contributed by atoms with E-state index >= 15 is 0 Å². The van der Waals surface area contributed by atoms with Gasteiger partial charge in [0.25, 0.3) is 0 Å². The normalized spacial score (nSPS) is 8.86. The average molecular weight is 742 g/mol. The summed E-state index contributed by atoms with van der Waals surface area (Å²) in [5.74, 6) is 0. The summed E-state index contributed by atoms with van der Waals surface area (Å²) < 4.78 is 0. The zero-order valence-electron chi connectivity index (χ0n) is 24.2. The first kappa shape index (κ1) is 52.4.